The van der Waals surface area contributed by atoms with Crippen molar-refractivity contribution >= 4 is 125 Å². The first-order chi connectivity index (χ1) is 58.0. The number of carbonyl (C=O) groups excluding carboxylic acids is 13. The van der Waals surface area contributed by atoms with Crippen molar-refractivity contribution in [2.45, 2.75) is 295 Å². The van der Waals surface area contributed by atoms with Gasteiger partial charge in [0.2, 0.25) is 65.0 Å². The van der Waals surface area contributed by atoms with E-state index in [0.717, 1.165) is 78.9 Å². The van der Waals surface area contributed by atoms with Crippen LogP contribution in [0.2, 0.25) is 0 Å². The average molecular weight is 1740 g/mol. The van der Waals surface area contributed by atoms with Crippen LogP contribution in [0.3, 0.4) is 0 Å². The number of nitrogens with zero attached hydrogens (tertiary/aromatic N) is 4. The molecule has 0 aromatic rings. The van der Waals surface area contributed by atoms with Crippen molar-refractivity contribution in [2.24, 2.45) is 0 Å². The molecule has 15 N–H and O–H groups in total. The van der Waals surface area contributed by atoms with Gasteiger partial charge in [0, 0.05) is 129 Å². The van der Waals surface area contributed by atoms with Gasteiger partial charge in [0.1, 0.15) is 37.4 Å². The highest BCUT2D eigenvalue weighted by atomic mass is 16.5. The molecule has 0 aromatic carbocycles. The molecule has 0 aliphatic carbocycles. The van der Waals surface area contributed by atoms with Crippen LogP contribution in [0.5, 0.6) is 0 Å². The molecule has 0 radical (unpaired) electrons. The lowest BCUT2D eigenvalue weighted by Crippen LogP contribution is -2.47. The van der Waals surface area contributed by atoms with Gasteiger partial charge in [-0.1, -0.05) is 142 Å². The van der Waals surface area contributed by atoms with Crippen molar-refractivity contribution in [3.05, 3.63) is 0 Å². The van der Waals surface area contributed by atoms with Crippen LogP contribution in [0.15, 0.2) is 0 Å². The second-order valence-corrected chi connectivity index (χ2v) is 29.4. The fourth-order valence-electron chi connectivity index (χ4n) is 12.1. The van der Waals surface area contributed by atoms with Gasteiger partial charge < -0.3 is 107 Å². The maximum absolute atomic E-state index is 14.1. The van der Waals surface area contributed by atoms with Crippen LogP contribution in [0.4, 0.5) is 0 Å². The Morgan fingerprint density at radius 1 is 0.238 bits per heavy atom. The van der Waals surface area contributed by atoms with E-state index in [-0.39, 0.29) is 39.1 Å². The molecule has 0 saturated carbocycles. The minimum Gasteiger partial charge on any atom is -0.481 e. The Bertz CT molecular complexity index is 3040. The normalized spacial score (nSPS) is 11.8. The molecule has 122 heavy (non-hydrogen) atoms. The van der Waals surface area contributed by atoms with Gasteiger partial charge in [-0.25, -0.2) is 19.2 Å². The van der Waals surface area contributed by atoms with Crippen LogP contribution >= 0.6 is 0 Å². The van der Waals surface area contributed by atoms with E-state index < -0.39 is 310 Å². The summed E-state index contributed by atoms with van der Waals surface area (Å²) in [5.41, 5.74) is 0. The number of hydrogen-bond acceptors (Lipinski definition) is 23. The van der Waals surface area contributed by atoms with Crippen LogP contribution in [-0.4, -0.2) is 294 Å². The lowest BCUT2D eigenvalue weighted by molar-refractivity contribution is -0.148. The number of aliphatic carboxylic acids is 8. The van der Waals surface area contributed by atoms with E-state index in [2.05, 4.69) is 51.1 Å². The fraction of sp³-hybridized carbons (Fsp3) is 0.738. The topological polar surface area (TPSA) is 636 Å². The van der Waals surface area contributed by atoms with Crippen molar-refractivity contribution in [3.63, 3.8) is 0 Å². The van der Waals surface area contributed by atoms with Gasteiger partial charge in [-0.15, -0.1) is 0 Å². The van der Waals surface area contributed by atoms with E-state index in [1.54, 1.807) is 0 Å². The van der Waals surface area contributed by atoms with Crippen LogP contribution in [0.25, 0.3) is 0 Å². The summed E-state index contributed by atoms with van der Waals surface area (Å²) in [5, 5.41) is 90.0. The Labute approximate surface area is 709 Å². The molecule has 42 heteroatoms. The number of rotatable bonds is 77. The molecule has 0 aliphatic rings. The Morgan fingerprint density at radius 2 is 0.451 bits per heavy atom. The molecule has 692 valence electrons. The molecule has 0 bridgehead atoms. The van der Waals surface area contributed by atoms with Gasteiger partial charge >= 0.3 is 59.7 Å². The van der Waals surface area contributed by atoms with E-state index in [0.29, 0.717) is 12.8 Å². The number of unbranched alkanes of at least 4 members (excludes halogenated alkanes) is 20. The predicted molar refractivity (Wildman–Crippen MR) is 432 cm³/mol. The van der Waals surface area contributed by atoms with Gasteiger partial charge in [-0.05, 0) is 38.5 Å². The largest absolute Gasteiger partial charge is 0.481 e. The first-order valence-corrected chi connectivity index (χ1v) is 42.2. The minimum atomic E-state index is -1.70. The average Bonchev–Trinajstić information content (AvgIpc) is 0.895. The molecule has 0 aliphatic heterocycles. The van der Waals surface area contributed by atoms with Crippen molar-refractivity contribution in [3.8, 4) is 0 Å². The van der Waals surface area contributed by atoms with E-state index >= 15 is 0 Å². The Morgan fingerprint density at radius 3 is 0.680 bits per heavy atom. The summed E-state index contributed by atoms with van der Waals surface area (Å²) < 4.78 is 11.0. The van der Waals surface area contributed by atoms with E-state index in [1.165, 1.54) is 69.1 Å². The highest BCUT2D eigenvalue weighted by Gasteiger charge is 2.29. The smallest absolute Gasteiger partial charge is 0.326 e. The van der Waals surface area contributed by atoms with E-state index in [4.69, 9.17) is 29.9 Å². The SMILES string of the molecule is CCCCCCCCCCCCCC(=O)OCCN(CCOC(=O)CCCCCCCCCCCCC)C(=O)CCC(=O)NCC(=O)N(CCC(=O)NCC(=O)N(CCC(=O)N[C@@H](CCC(=O)O)C(=O)O)CCC(=O)N[C@@H](CCC(=O)O)C(=O)O)CCC(=O)NCC(=O)N(CCC(=O)N[C@@H](CCC(=O)O)C(=O)O)CCC(=O)N[C@@H](CCC(=O)O)C(=O)O. The van der Waals surface area contributed by atoms with Gasteiger partial charge in [0.25, 0.3) is 0 Å². The maximum atomic E-state index is 14.1. The highest BCUT2D eigenvalue weighted by molar-refractivity contribution is 5.92. The summed E-state index contributed by atoms with van der Waals surface area (Å²) in [6.45, 7) is -2.72. The second-order valence-electron chi connectivity index (χ2n) is 29.4. The minimum absolute atomic E-state index is 0.141. The highest BCUT2D eigenvalue weighted by Crippen LogP contribution is 2.16. The number of esters is 2. The summed E-state index contributed by atoms with van der Waals surface area (Å²) in [5.74, 6) is -23.5. The summed E-state index contributed by atoms with van der Waals surface area (Å²) >= 11 is 0. The Balaban J connectivity index is 6.93. The van der Waals surface area contributed by atoms with Crippen molar-refractivity contribution in [2.75, 3.05) is 85.2 Å². The molecular formula is C80H131N11O31. The van der Waals surface area contributed by atoms with Crippen molar-refractivity contribution < 1.29 is 151 Å². The van der Waals surface area contributed by atoms with E-state index in [1.807, 2.05) is 0 Å². The maximum Gasteiger partial charge on any atom is 0.326 e. The first-order valence-electron chi connectivity index (χ1n) is 42.2. The molecule has 0 spiro atoms. The predicted octanol–water partition coefficient (Wildman–Crippen LogP) is 3.00. The molecule has 0 unspecified atom stereocenters. The van der Waals surface area contributed by atoms with Crippen LogP contribution in [0, 0.1) is 0 Å². The van der Waals surface area contributed by atoms with Gasteiger partial charge in [-0.2, -0.15) is 0 Å². The van der Waals surface area contributed by atoms with Gasteiger partial charge in [0.05, 0.1) is 32.7 Å². The number of hydrogen-bond donors (Lipinski definition) is 15. The zero-order chi connectivity index (χ0) is 91.6. The third-order valence-corrected chi connectivity index (χ3v) is 19.3. The molecule has 0 heterocycles. The number of carboxylic acid groups (broad SMARTS) is 8. The number of carbonyl (C=O) groups is 21. The molecule has 0 fully saturated rings. The monoisotopic (exact) mass is 1740 g/mol. The summed E-state index contributed by atoms with van der Waals surface area (Å²) in [6, 6.07) is -6.79. The van der Waals surface area contributed by atoms with Crippen LogP contribution in [0.1, 0.15) is 271 Å². The van der Waals surface area contributed by atoms with E-state index in [9.17, 15) is 121 Å². The summed E-state index contributed by atoms with van der Waals surface area (Å²) in [4.78, 5) is 269. The van der Waals surface area contributed by atoms with Crippen LogP contribution < -0.4 is 37.2 Å². The van der Waals surface area contributed by atoms with Crippen molar-refractivity contribution in [1.29, 1.82) is 0 Å². The summed E-state index contributed by atoms with van der Waals surface area (Å²) in [7, 11) is 0. The van der Waals surface area contributed by atoms with Crippen LogP contribution in [-0.2, 0) is 110 Å². The third kappa shape index (κ3) is 60.4. The third-order valence-electron chi connectivity index (χ3n) is 19.3. The zero-order valence-corrected chi connectivity index (χ0v) is 70.5. The molecule has 0 aromatic heterocycles. The van der Waals surface area contributed by atoms with Crippen molar-refractivity contribution in [1.82, 2.24) is 56.8 Å². The molecule has 0 rings (SSSR count). The number of amides is 11. The standard InChI is InChI=1S/C80H131N11O31/c1-3-5-7-9-11-13-15-17-19-21-23-25-75(111)121-51-49-91(50-52-122-76(112)26-24-22-20-18-16-14-12-10-8-6-4-2)67(99)32-31-60(92)81-53-68(100)88(43-37-61(93)82-54-69(101)89(45-39-63(95)84-56(77(113)114)27-33-71(103)104)46-40-64(96)85-57(78(115)116)28-34-72(105)106)44-38-62(94)83-55-70(102)90(47-41-65(97)86-58(79(117)118)29-35-73(107)108)48-42-66(98)87-59(80(119)120)30-36-74(109)110/h56-59H,3-55H2,1-2H3,(H,81,92)(H,82,93)(H,83,94)(H,84,95)(H,85,96)(H,86,97)(H,87,98)(H,103,104)(H,105,106)(H,107,108)(H,109,110)(H,113,114)(H,115,116)(H,117,118)(H,119,120)/t56-,57-,58-,59-/m0/s1. The van der Waals surface area contributed by atoms with Gasteiger partial charge in [0.15, 0.2) is 0 Å². The number of nitrogens with one attached hydrogen (secondary N) is 7. The molecule has 11 amide bonds. The second kappa shape index (κ2) is 68.5. The quantitative estimate of drug-likeness (QED) is 0.0307. The fourth-order valence-corrected chi connectivity index (χ4v) is 12.1. The molecular weight excluding hydrogens is 1610 g/mol. The Kier molecular flexibility index (Phi) is 62.3. The molecule has 42 nitrogen and oxygen atoms in total. The number of carboxylic acids is 8. The summed E-state index contributed by atoms with van der Waals surface area (Å²) in [6.07, 6.45) is 13.8. The van der Waals surface area contributed by atoms with Gasteiger partial charge in [-0.3, -0.25) is 81.5 Å². The number of ether oxygens (including phenoxy) is 2. The zero-order valence-electron chi connectivity index (χ0n) is 70.5. The lowest BCUT2D eigenvalue weighted by Gasteiger charge is -2.25. The molecule has 0 saturated heterocycles. The lowest BCUT2D eigenvalue weighted by atomic mass is 10.1. The first kappa shape index (κ1) is 111. The molecule has 4 atom stereocenters. The Hall–Kier alpha value is -11.1.